The Hall–Kier alpha value is -5.08. The lowest BCUT2D eigenvalue weighted by Gasteiger charge is -2.26. The Morgan fingerprint density at radius 2 is 1.08 bits per heavy atom. The highest BCUT2D eigenvalue weighted by molar-refractivity contribution is 6.02. The molecular weight excluding hydrogens is 460 g/mol. The zero-order chi connectivity index (χ0) is 25.1. The summed E-state index contributed by atoms with van der Waals surface area (Å²) in [6, 6.07) is 52.7. The molecule has 0 fully saturated rings. The van der Waals surface area contributed by atoms with Crippen LogP contribution in [-0.2, 0) is 0 Å². The van der Waals surface area contributed by atoms with E-state index in [4.69, 9.17) is 0 Å². The third kappa shape index (κ3) is 3.14. The van der Waals surface area contributed by atoms with Crippen LogP contribution in [0.3, 0.4) is 0 Å². The van der Waals surface area contributed by atoms with Crippen LogP contribution in [0.1, 0.15) is 0 Å². The maximum atomic E-state index is 2.44. The summed E-state index contributed by atoms with van der Waals surface area (Å²) in [4.78, 5) is 2.42. The Bertz CT molecular complexity index is 1980. The van der Waals surface area contributed by atoms with E-state index < -0.39 is 0 Å². The standard InChI is InChI=1S/C36H24N2/c1-2-11-25(12-3-1)26-16-10-17-30(21-26)37-34-20-9-7-18-31(34)32-22-27-13-4-5-14-28(27)23-35(32)38-33-19-8-6-15-29(33)24-36(37)38/h1-24H. The molecule has 0 atom stereocenters. The van der Waals surface area contributed by atoms with Crippen molar-refractivity contribution in [3.63, 3.8) is 0 Å². The van der Waals surface area contributed by atoms with Gasteiger partial charge in [0.15, 0.2) is 0 Å². The Balaban J connectivity index is 1.49. The molecule has 0 saturated carbocycles. The number of hydrogen-bond donors (Lipinski definition) is 0. The molecule has 38 heavy (non-hydrogen) atoms. The van der Waals surface area contributed by atoms with E-state index in [-0.39, 0.29) is 0 Å². The second kappa shape index (κ2) is 8.22. The van der Waals surface area contributed by atoms with Crippen LogP contribution in [0.25, 0.3) is 49.6 Å². The summed E-state index contributed by atoms with van der Waals surface area (Å²) in [6.07, 6.45) is 0. The minimum absolute atomic E-state index is 1.14. The molecule has 8 rings (SSSR count). The summed E-state index contributed by atoms with van der Waals surface area (Å²) in [5.41, 5.74) is 9.61. The van der Waals surface area contributed by atoms with E-state index in [1.165, 1.54) is 55.3 Å². The fourth-order valence-electron chi connectivity index (χ4n) is 5.93. The maximum absolute atomic E-state index is 2.44. The third-order valence-electron chi connectivity index (χ3n) is 7.67. The highest BCUT2D eigenvalue weighted by Gasteiger charge is 2.28. The van der Waals surface area contributed by atoms with Crippen molar-refractivity contribution in [2.45, 2.75) is 0 Å². The van der Waals surface area contributed by atoms with Gasteiger partial charge in [-0.3, -0.25) is 9.47 Å². The number of hydrogen-bond acceptors (Lipinski definition) is 1. The van der Waals surface area contributed by atoms with Crippen molar-refractivity contribution in [2.24, 2.45) is 0 Å². The lowest BCUT2D eigenvalue weighted by molar-refractivity contribution is 1.09. The average Bonchev–Trinajstić information content (AvgIpc) is 3.31. The lowest BCUT2D eigenvalue weighted by atomic mass is 9.97. The molecule has 1 aliphatic heterocycles. The minimum Gasteiger partial charge on any atom is -0.295 e. The molecular formula is C36H24N2. The van der Waals surface area contributed by atoms with Crippen LogP contribution in [0.15, 0.2) is 146 Å². The normalized spacial score (nSPS) is 12.2. The van der Waals surface area contributed by atoms with E-state index in [1.807, 2.05) is 0 Å². The second-order valence-corrected chi connectivity index (χ2v) is 9.88. The topological polar surface area (TPSA) is 8.17 Å². The fraction of sp³-hybridized carbons (Fsp3) is 0. The molecule has 1 aromatic heterocycles. The minimum atomic E-state index is 1.14. The van der Waals surface area contributed by atoms with Gasteiger partial charge >= 0.3 is 0 Å². The van der Waals surface area contributed by atoms with Gasteiger partial charge in [0.1, 0.15) is 5.82 Å². The largest absolute Gasteiger partial charge is 0.295 e. The lowest BCUT2D eigenvalue weighted by Crippen LogP contribution is -2.12. The summed E-state index contributed by atoms with van der Waals surface area (Å²) in [7, 11) is 0. The number of rotatable bonds is 2. The van der Waals surface area contributed by atoms with E-state index in [9.17, 15) is 0 Å². The molecule has 7 aromatic rings. The summed E-state index contributed by atoms with van der Waals surface area (Å²) >= 11 is 0. The fourth-order valence-corrected chi connectivity index (χ4v) is 5.93. The summed E-state index contributed by atoms with van der Waals surface area (Å²) in [5, 5.41) is 3.72. The van der Waals surface area contributed by atoms with Crippen molar-refractivity contribution in [2.75, 3.05) is 4.90 Å². The molecule has 178 valence electrons. The number of benzene rings is 6. The van der Waals surface area contributed by atoms with E-state index >= 15 is 0 Å². The Morgan fingerprint density at radius 1 is 0.395 bits per heavy atom. The average molecular weight is 485 g/mol. The van der Waals surface area contributed by atoms with E-state index in [0.29, 0.717) is 0 Å². The summed E-state index contributed by atoms with van der Waals surface area (Å²) in [6.45, 7) is 0. The Labute approximate surface area is 221 Å². The van der Waals surface area contributed by atoms with Gasteiger partial charge in [0.05, 0.1) is 16.9 Å². The van der Waals surface area contributed by atoms with Gasteiger partial charge in [-0.25, -0.2) is 0 Å². The van der Waals surface area contributed by atoms with Crippen LogP contribution in [0.5, 0.6) is 0 Å². The predicted octanol–water partition coefficient (Wildman–Crippen LogP) is 9.90. The Morgan fingerprint density at radius 3 is 1.95 bits per heavy atom. The van der Waals surface area contributed by atoms with Crippen molar-refractivity contribution in [1.29, 1.82) is 0 Å². The van der Waals surface area contributed by atoms with Crippen LogP contribution < -0.4 is 4.90 Å². The molecule has 2 heterocycles. The molecule has 0 unspecified atom stereocenters. The first-order valence-corrected chi connectivity index (χ1v) is 13.0. The number of fused-ring (bicyclic) bond motifs is 8. The molecule has 2 nitrogen and oxygen atoms in total. The smallest absolute Gasteiger partial charge is 0.123 e. The van der Waals surface area contributed by atoms with E-state index in [2.05, 4.69) is 155 Å². The molecule has 0 amide bonds. The first kappa shape index (κ1) is 21.0. The van der Waals surface area contributed by atoms with Crippen molar-refractivity contribution in [3.8, 4) is 27.9 Å². The number of nitrogens with zero attached hydrogens (tertiary/aromatic N) is 2. The molecule has 0 radical (unpaired) electrons. The van der Waals surface area contributed by atoms with Gasteiger partial charge in [-0.1, -0.05) is 103 Å². The van der Waals surface area contributed by atoms with E-state index in [0.717, 1.165) is 11.5 Å². The Kier molecular flexibility index (Phi) is 4.55. The first-order valence-electron chi connectivity index (χ1n) is 13.0. The SMILES string of the molecule is c1ccc(-c2cccc(N3c4ccccc4-c4cc5ccccc5cc4-n4c3cc3ccccc34)c2)cc1. The van der Waals surface area contributed by atoms with Crippen LogP contribution in [-0.4, -0.2) is 4.57 Å². The molecule has 0 bridgehead atoms. The summed E-state index contributed by atoms with van der Waals surface area (Å²) in [5.74, 6) is 1.14. The molecule has 0 saturated heterocycles. The predicted molar refractivity (Wildman–Crippen MR) is 160 cm³/mol. The van der Waals surface area contributed by atoms with Crippen molar-refractivity contribution in [1.82, 2.24) is 4.57 Å². The molecule has 0 spiro atoms. The van der Waals surface area contributed by atoms with E-state index in [1.54, 1.807) is 0 Å². The summed E-state index contributed by atoms with van der Waals surface area (Å²) < 4.78 is 2.44. The second-order valence-electron chi connectivity index (χ2n) is 9.88. The van der Waals surface area contributed by atoms with Crippen molar-refractivity contribution >= 4 is 38.9 Å². The van der Waals surface area contributed by atoms with Crippen molar-refractivity contribution < 1.29 is 0 Å². The van der Waals surface area contributed by atoms with Gasteiger partial charge in [-0.15, -0.1) is 0 Å². The number of anilines is 3. The number of para-hydroxylation sites is 2. The van der Waals surface area contributed by atoms with Gasteiger partial charge in [0.2, 0.25) is 0 Å². The molecule has 0 N–H and O–H groups in total. The van der Waals surface area contributed by atoms with Gasteiger partial charge in [-0.05, 0) is 64.4 Å². The quantitative estimate of drug-likeness (QED) is 0.237. The highest BCUT2D eigenvalue weighted by atomic mass is 15.3. The van der Waals surface area contributed by atoms with Crippen LogP contribution in [0.2, 0.25) is 0 Å². The monoisotopic (exact) mass is 484 g/mol. The van der Waals surface area contributed by atoms with Gasteiger partial charge in [0.25, 0.3) is 0 Å². The molecule has 1 aliphatic rings. The maximum Gasteiger partial charge on any atom is 0.123 e. The van der Waals surface area contributed by atoms with Crippen LogP contribution in [0.4, 0.5) is 17.2 Å². The zero-order valence-corrected chi connectivity index (χ0v) is 20.8. The molecule has 0 aliphatic carbocycles. The number of aromatic nitrogens is 1. The van der Waals surface area contributed by atoms with Gasteiger partial charge < -0.3 is 0 Å². The van der Waals surface area contributed by atoms with Crippen molar-refractivity contribution in [3.05, 3.63) is 146 Å². The van der Waals surface area contributed by atoms with Crippen LogP contribution >= 0.6 is 0 Å². The zero-order valence-electron chi connectivity index (χ0n) is 20.8. The van der Waals surface area contributed by atoms with Gasteiger partial charge in [0, 0.05) is 22.2 Å². The first-order chi connectivity index (χ1) is 18.8. The third-order valence-corrected chi connectivity index (χ3v) is 7.67. The van der Waals surface area contributed by atoms with Gasteiger partial charge in [-0.2, -0.15) is 0 Å². The van der Waals surface area contributed by atoms with Crippen LogP contribution in [0, 0.1) is 0 Å². The molecule has 6 aromatic carbocycles. The highest BCUT2D eigenvalue weighted by Crippen LogP contribution is 2.49. The molecule has 2 heteroatoms.